The minimum Gasteiger partial charge on any atom is -0.320 e. The summed E-state index contributed by atoms with van der Waals surface area (Å²) in [5.41, 5.74) is 3.58. The van der Waals surface area contributed by atoms with E-state index >= 15 is 0 Å². The van der Waals surface area contributed by atoms with Crippen molar-refractivity contribution in [2.75, 3.05) is 5.32 Å². The number of H-pyrrole nitrogens is 1. The van der Waals surface area contributed by atoms with E-state index < -0.39 is 0 Å². The summed E-state index contributed by atoms with van der Waals surface area (Å²) in [7, 11) is 0. The maximum Gasteiger partial charge on any atom is 0.276 e. The summed E-state index contributed by atoms with van der Waals surface area (Å²) in [6.07, 6.45) is 0. The highest BCUT2D eigenvalue weighted by atomic mass is 32.1. The lowest BCUT2D eigenvalue weighted by atomic mass is 10.1. The van der Waals surface area contributed by atoms with Crippen molar-refractivity contribution < 1.29 is 9.18 Å². The van der Waals surface area contributed by atoms with Crippen LogP contribution in [0.25, 0.3) is 32.4 Å². The molecular formula is C23H15FN4OS2. The molecule has 3 heterocycles. The van der Waals surface area contributed by atoms with Gasteiger partial charge in [0.15, 0.2) is 5.69 Å². The van der Waals surface area contributed by atoms with Crippen molar-refractivity contribution in [1.82, 2.24) is 15.2 Å². The lowest BCUT2D eigenvalue weighted by Gasteiger charge is -2.08. The van der Waals surface area contributed by atoms with Crippen molar-refractivity contribution >= 4 is 34.3 Å². The molecule has 0 spiro atoms. The fraction of sp³-hybridized carbons (Fsp3) is 0. The van der Waals surface area contributed by atoms with E-state index in [0.29, 0.717) is 27.6 Å². The number of nitrogens with zero attached hydrogens (tertiary/aromatic N) is 2. The van der Waals surface area contributed by atoms with Crippen LogP contribution in [0.5, 0.6) is 0 Å². The lowest BCUT2D eigenvalue weighted by Crippen LogP contribution is -2.13. The number of carbonyl (C=O) groups excluding carboxylic acids is 1. The fourth-order valence-electron chi connectivity index (χ4n) is 3.15. The molecule has 0 bridgehead atoms. The molecule has 3 aromatic heterocycles. The number of rotatable bonds is 5. The SMILES string of the molecule is O=C(Nc1ccccc1-c1csc(-c2ccccc2F)n1)c1cc(-c2cccs2)[nH]n1. The van der Waals surface area contributed by atoms with E-state index in [2.05, 4.69) is 20.5 Å². The lowest BCUT2D eigenvalue weighted by molar-refractivity contribution is 0.102. The number of thiophene rings is 1. The van der Waals surface area contributed by atoms with Crippen LogP contribution in [-0.4, -0.2) is 21.1 Å². The summed E-state index contributed by atoms with van der Waals surface area (Å²) in [5.74, 6) is -0.638. The quantitative estimate of drug-likeness (QED) is 0.332. The number of aromatic nitrogens is 3. The van der Waals surface area contributed by atoms with Gasteiger partial charge in [-0.1, -0.05) is 36.4 Å². The third-order valence-electron chi connectivity index (χ3n) is 4.66. The van der Waals surface area contributed by atoms with E-state index in [-0.39, 0.29) is 11.7 Å². The summed E-state index contributed by atoms with van der Waals surface area (Å²) in [5, 5.41) is 14.4. The average molecular weight is 447 g/mol. The summed E-state index contributed by atoms with van der Waals surface area (Å²) in [6, 6.07) is 19.6. The van der Waals surface area contributed by atoms with Crippen molar-refractivity contribution in [1.29, 1.82) is 0 Å². The van der Waals surface area contributed by atoms with Gasteiger partial charge in [0.1, 0.15) is 10.8 Å². The van der Waals surface area contributed by atoms with E-state index in [0.717, 1.165) is 16.1 Å². The Morgan fingerprint density at radius 2 is 1.77 bits per heavy atom. The van der Waals surface area contributed by atoms with Gasteiger partial charge in [-0.3, -0.25) is 9.89 Å². The molecule has 1 amide bonds. The van der Waals surface area contributed by atoms with Crippen LogP contribution in [0.3, 0.4) is 0 Å². The molecule has 0 saturated heterocycles. The molecule has 8 heteroatoms. The topological polar surface area (TPSA) is 70.7 Å². The highest BCUT2D eigenvalue weighted by Gasteiger charge is 2.16. The van der Waals surface area contributed by atoms with Gasteiger partial charge in [-0.25, -0.2) is 9.37 Å². The van der Waals surface area contributed by atoms with Gasteiger partial charge in [-0.05, 0) is 35.7 Å². The van der Waals surface area contributed by atoms with E-state index in [1.165, 1.54) is 17.4 Å². The predicted molar refractivity (Wildman–Crippen MR) is 123 cm³/mol. The molecule has 2 aromatic carbocycles. The molecule has 5 nitrogen and oxygen atoms in total. The number of halogens is 1. The van der Waals surface area contributed by atoms with Crippen LogP contribution in [0.4, 0.5) is 10.1 Å². The molecule has 0 fully saturated rings. The van der Waals surface area contributed by atoms with E-state index in [9.17, 15) is 9.18 Å². The van der Waals surface area contributed by atoms with Gasteiger partial charge in [-0.2, -0.15) is 5.10 Å². The van der Waals surface area contributed by atoms with Crippen LogP contribution in [0, 0.1) is 5.82 Å². The Hall–Kier alpha value is -3.62. The predicted octanol–water partition coefficient (Wildman–Crippen LogP) is 6.32. The van der Waals surface area contributed by atoms with Crippen LogP contribution in [0.1, 0.15) is 10.5 Å². The molecule has 152 valence electrons. The fourth-order valence-corrected chi connectivity index (χ4v) is 4.69. The first kappa shape index (κ1) is 19.3. The molecule has 0 atom stereocenters. The normalized spacial score (nSPS) is 10.9. The molecular weight excluding hydrogens is 431 g/mol. The van der Waals surface area contributed by atoms with Gasteiger partial charge in [0.05, 0.1) is 22.0 Å². The third-order valence-corrected chi connectivity index (χ3v) is 6.44. The van der Waals surface area contributed by atoms with Crippen molar-refractivity contribution in [2.45, 2.75) is 0 Å². The van der Waals surface area contributed by atoms with Crippen molar-refractivity contribution in [3.8, 4) is 32.4 Å². The average Bonchev–Trinajstić information content (AvgIpc) is 3.55. The highest BCUT2D eigenvalue weighted by molar-refractivity contribution is 7.13. The Bertz CT molecular complexity index is 1360. The molecule has 0 aliphatic carbocycles. The van der Waals surface area contributed by atoms with Crippen molar-refractivity contribution in [3.05, 3.63) is 89.0 Å². The molecule has 0 unspecified atom stereocenters. The molecule has 5 rings (SSSR count). The number of para-hydroxylation sites is 1. The van der Waals surface area contributed by atoms with Crippen LogP contribution in [-0.2, 0) is 0 Å². The number of anilines is 1. The van der Waals surface area contributed by atoms with Crippen LogP contribution in [0.2, 0.25) is 0 Å². The number of benzene rings is 2. The molecule has 0 aliphatic heterocycles. The molecule has 31 heavy (non-hydrogen) atoms. The van der Waals surface area contributed by atoms with E-state index in [1.807, 2.05) is 47.2 Å². The molecule has 2 N–H and O–H groups in total. The maximum absolute atomic E-state index is 14.1. The highest BCUT2D eigenvalue weighted by Crippen LogP contribution is 2.34. The standard InChI is InChI=1S/C23H15FN4OS2/c24-16-8-3-1-6-14(16)23-26-20(13-31-23)15-7-2-4-9-17(15)25-22(29)19-12-18(27-28-19)21-10-5-11-30-21/h1-13H,(H,25,29)(H,27,28). The third kappa shape index (κ3) is 3.90. The zero-order valence-electron chi connectivity index (χ0n) is 16.0. The summed E-state index contributed by atoms with van der Waals surface area (Å²) in [4.78, 5) is 18.4. The molecule has 0 radical (unpaired) electrons. The number of hydrogen-bond donors (Lipinski definition) is 2. The van der Waals surface area contributed by atoms with E-state index in [1.54, 1.807) is 35.6 Å². The van der Waals surface area contributed by atoms with Crippen LogP contribution >= 0.6 is 22.7 Å². The first-order valence-electron chi connectivity index (χ1n) is 9.39. The van der Waals surface area contributed by atoms with Crippen LogP contribution < -0.4 is 5.32 Å². The van der Waals surface area contributed by atoms with Crippen molar-refractivity contribution in [2.24, 2.45) is 0 Å². The smallest absolute Gasteiger partial charge is 0.276 e. The van der Waals surface area contributed by atoms with Crippen molar-refractivity contribution in [3.63, 3.8) is 0 Å². The number of aromatic amines is 1. The molecule has 5 aromatic rings. The number of thiazole rings is 1. The number of hydrogen-bond acceptors (Lipinski definition) is 5. The second-order valence-electron chi connectivity index (χ2n) is 6.66. The monoisotopic (exact) mass is 446 g/mol. The Morgan fingerprint density at radius 3 is 2.58 bits per heavy atom. The Balaban J connectivity index is 1.41. The minimum absolute atomic E-state index is 0.295. The van der Waals surface area contributed by atoms with E-state index in [4.69, 9.17) is 0 Å². The summed E-state index contributed by atoms with van der Waals surface area (Å²) < 4.78 is 14.1. The van der Waals surface area contributed by atoms with Crippen LogP contribution in [0.15, 0.2) is 77.5 Å². The number of carbonyl (C=O) groups is 1. The first-order chi connectivity index (χ1) is 15.2. The number of amides is 1. The maximum atomic E-state index is 14.1. The summed E-state index contributed by atoms with van der Waals surface area (Å²) in [6.45, 7) is 0. The van der Waals surface area contributed by atoms with Gasteiger partial charge in [0.2, 0.25) is 0 Å². The van der Waals surface area contributed by atoms with Gasteiger partial charge in [-0.15, -0.1) is 22.7 Å². The van der Waals surface area contributed by atoms with Gasteiger partial charge in [0.25, 0.3) is 5.91 Å². The second kappa shape index (κ2) is 8.25. The van der Waals surface area contributed by atoms with Gasteiger partial charge < -0.3 is 5.32 Å². The Labute approximate surface area is 185 Å². The van der Waals surface area contributed by atoms with Gasteiger partial charge in [0, 0.05) is 16.5 Å². The molecule has 0 aliphatic rings. The molecule has 0 saturated carbocycles. The Kier molecular flexibility index (Phi) is 5.15. The van der Waals surface area contributed by atoms with Gasteiger partial charge >= 0.3 is 0 Å². The minimum atomic E-state index is -0.323. The number of nitrogens with one attached hydrogen (secondary N) is 2. The largest absolute Gasteiger partial charge is 0.320 e. The Morgan fingerprint density at radius 1 is 0.968 bits per heavy atom. The second-order valence-corrected chi connectivity index (χ2v) is 8.47. The summed E-state index contributed by atoms with van der Waals surface area (Å²) >= 11 is 2.93. The first-order valence-corrected chi connectivity index (χ1v) is 11.2. The zero-order valence-corrected chi connectivity index (χ0v) is 17.6. The zero-order chi connectivity index (χ0) is 21.2.